The lowest BCUT2D eigenvalue weighted by atomic mass is 10.0. The van der Waals surface area contributed by atoms with Gasteiger partial charge in [0.05, 0.1) is 7.11 Å². The molecule has 2 atom stereocenters. The van der Waals surface area contributed by atoms with Crippen molar-refractivity contribution in [2.24, 2.45) is 0 Å². The molecule has 2 nitrogen and oxygen atoms in total. The number of benzene rings is 2. The largest absolute Gasteiger partial charge is 0.494 e. The van der Waals surface area contributed by atoms with Crippen LogP contribution in [-0.2, 0) is 0 Å². The standard InChI is InChI=1S/C17H19BrFNO/c1-11(13-8-9-17(21-3)16(19)10-13)20-12(2)14-6-4-5-7-15(14)18/h4-12,20H,1-3H3. The highest BCUT2D eigenvalue weighted by atomic mass is 79.9. The van der Waals surface area contributed by atoms with Gasteiger partial charge in [-0.3, -0.25) is 0 Å². The molecule has 0 radical (unpaired) electrons. The third kappa shape index (κ3) is 3.83. The van der Waals surface area contributed by atoms with E-state index >= 15 is 0 Å². The van der Waals surface area contributed by atoms with Crippen LogP contribution in [0.3, 0.4) is 0 Å². The Morgan fingerprint density at radius 1 is 1.10 bits per heavy atom. The van der Waals surface area contributed by atoms with Crippen molar-refractivity contribution in [2.75, 3.05) is 7.11 Å². The Hall–Kier alpha value is -1.39. The second-order valence-corrected chi connectivity index (χ2v) is 5.88. The quantitative estimate of drug-likeness (QED) is 0.817. The van der Waals surface area contributed by atoms with Crippen molar-refractivity contribution in [3.8, 4) is 5.75 Å². The van der Waals surface area contributed by atoms with Crippen molar-refractivity contribution in [3.05, 3.63) is 63.9 Å². The summed E-state index contributed by atoms with van der Waals surface area (Å²) < 4.78 is 19.8. The average molecular weight is 352 g/mol. The van der Waals surface area contributed by atoms with Crippen molar-refractivity contribution in [1.82, 2.24) is 5.32 Å². The van der Waals surface area contributed by atoms with Gasteiger partial charge in [0, 0.05) is 16.6 Å². The molecule has 0 spiro atoms. The van der Waals surface area contributed by atoms with Crippen molar-refractivity contribution < 1.29 is 9.13 Å². The van der Waals surface area contributed by atoms with Crippen molar-refractivity contribution in [1.29, 1.82) is 0 Å². The van der Waals surface area contributed by atoms with Crippen LogP contribution in [0, 0.1) is 5.82 Å². The summed E-state index contributed by atoms with van der Waals surface area (Å²) in [6.07, 6.45) is 0. The number of hydrogen-bond donors (Lipinski definition) is 1. The van der Waals surface area contributed by atoms with Crippen molar-refractivity contribution >= 4 is 15.9 Å². The zero-order valence-corrected chi connectivity index (χ0v) is 13.9. The van der Waals surface area contributed by atoms with Crippen molar-refractivity contribution in [2.45, 2.75) is 25.9 Å². The number of nitrogens with one attached hydrogen (secondary N) is 1. The first kappa shape index (κ1) is 16.0. The van der Waals surface area contributed by atoms with Gasteiger partial charge in [-0.15, -0.1) is 0 Å². The van der Waals surface area contributed by atoms with Gasteiger partial charge in [-0.25, -0.2) is 4.39 Å². The molecular formula is C17H19BrFNO. The summed E-state index contributed by atoms with van der Waals surface area (Å²) in [5.41, 5.74) is 2.07. The smallest absolute Gasteiger partial charge is 0.165 e. The van der Waals surface area contributed by atoms with Crippen LogP contribution in [0.1, 0.15) is 37.1 Å². The minimum Gasteiger partial charge on any atom is -0.494 e. The number of halogens is 2. The molecule has 2 unspecified atom stereocenters. The van der Waals surface area contributed by atoms with Crippen molar-refractivity contribution in [3.63, 3.8) is 0 Å². The van der Waals surface area contributed by atoms with E-state index in [2.05, 4.69) is 34.2 Å². The summed E-state index contributed by atoms with van der Waals surface area (Å²) in [6.45, 7) is 4.12. The minimum absolute atomic E-state index is 0.0347. The van der Waals surface area contributed by atoms with E-state index in [0.29, 0.717) is 0 Å². The van der Waals surface area contributed by atoms with Crippen LogP contribution in [-0.4, -0.2) is 7.11 Å². The van der Waals surface area contributed by atoms with Crippen LogP contribution in [0.15, 0.2) is 46.9 Å². The Balaban J connectivity index is 2.12. The lowest BCUT2D eigenvalue weighted by Crippen LogP contribution is -2.22. The molecular weight excluding hydrogens is 333 g/mol. The van der Waals surface area contributed by atoms with Gasteiger partial charge in [0.1, 0.15) is 0 Å². The first-order chi connectivity index (χ1) is 10.0. The summed E-state index contributed by atoms with van der Waals surface area (Å²) in [5, 5.41) is 3.48. The first-order valence-corrected chi connectivity index (χ1v) is 7.66. The summed E-state index contributed by atoms with van der Waals surface area (Å²) in [5.74, 6) is -0.0676. The topological polar surface area (TPSA) is 21.3 Å². The Bertz CT molecular complexity index is 617. The highest BCUT2D eigenvalue weighted by Gasteiger charge is 2.14. The van der Waals surface area contributed by atoms with Crippen LogP contribution in [0.4, 0.5) is 4.39 Å². The van der Waals surface area contributed by atoms with Gasteiger partial charge in [0.2, 0.25) is 0 Å². The van der Waals surface area contributed by atoms with E-state index in [1.807, 2.05) is 31.2 Å². The second-order valence-electron chi connectivity index (χ2n) is 5.03. The summed E-state index contributed by atoms with van der Waals surface area (Å²) in [4.78, 5) is 0. The van der Waals surface area contributed by atoms with E-state index in [-0.39, 0.29) is 23.7 Å². The second kappa shape index (κ2) is 7.05. The molecule has 0 saturated heterocycles. The fourth-order valence-electron chi connectivity index (χ4n) is 2.34. The predicted octanol–water partition coefficient (Wildman–Crippen LogP) is 5.01. The third-order valence-electron chi connectivity index (χ3n) is 3.55. The maximum absolute atomic E-state index is 13.8. The molecule has 112 valence electrons. The Morgan fingerprint density at radius 3 is 2.43 bits per heavy atom. The van der Waals surface area contributed by atoms with Crippen LogP contribution >= 0.6 is 15.9 Å². The van der Waals surface area contributed by atoms with Gasteiger partial charge in [-0.2, -0.15) is 0 Å². The van der Waals surface area contributed by atoms with E-state index in [1.54, 1.807) is 6.07 Å². The van der Waals surface area contributed by atoms with Crippen LogP contribution < -0.4 is 10.1 Å². The molecule has 0 amide bonds. The monoisotopic (exact) mass is 351 g/mol. The van der Waals surface area contributed by atoms with Crippen LogP contribution in [0.25, 0.3) is 0 Å². The SMILES string of the molecule is COc1ccc(C(C)NC(C)c2ccccc2Br)cc1F. The molecule has 0 fully saturated rings. The van der Waals surface area contributed by atoms with Gasteiger partial charge >= 0.3 is 0 Å². The molecule has 0 aliphatic carbocycles. The molecule has 2 aromatic carbocycles. The fraction of sp³-hybridized carbons (Fsp3) is 0.294. The molecule has 0 aromatic heterocycles. The molecule has 0 aliphatic rings. The zero-order chi connectivity index (χ0) is 15.4. The van der Waals surface area contributed by atoms with E-state index in [9.17, 15) is 4.39 Å². The zero-order valence-electron chi connectivity index (χ0n) is 12.4. The maximum Gasteiger partial charge on any atom is 0.165 e. The van der Waals surface area contributed by atoms with Gasteiger partial charge in [-0.1, -0.05) is 40.2 Å². The maximum atomic E-state index is 13.8. The number of rotatable bonds is 5. The summed E-state index contributed by atoms with van der Waals surface area (Å²) >= 11 is 3.56. The number of hydrogen-bond acceptors (Lipinski definition) is 2. The summed E-state index contributed by atoms with van der Waals surface area (Å²) in [6, 6.07) is 13.3. The Kier molecular flexibility index (Phi) is 5.37. The lowest BCUT2D eigenvalue weighted by Gasteiger charge is -2.22. The van der Waals surface area contributed by atoms with E-state index < -0.39 is 0 Å². The molecule has 2 rings (SSSR count). The number of ether oxygens (including phenoxy) is 1. The fourth-order valence-corrected chi connectivity index (χ4v) is 2.97. The predicted molar refractivity (Wildman–Crippen MR) is 87.1 cm³/mol. The van der Waals surface area contributed by atoms with Crippen LogP contribution in [0.2, 0.25) is 0 Å². The third-order valence-corrected chi connectivity index (χ3v) is 4.27. The molecule has 4 heteroatoms. The Labute approximate surface area is 133 Å². The molecule has 2 aromatic rings. The van der Waals surface area contributed by atoms with E-state index in [4.69, 9.17) is 4.74 Å². The highest BCUT2D eigenvalue weighted by molar-refractivity contribution is 9.10. The highest BCUT2D eigenvalue weighted by Crippen LogP contribution is 2.27. The molecule has 1 N–H and O–H groups in total. The summed E-state index contributed by atoms with van der Waals surface area (Å²) in [7, 11) is 1.47. The molecule has 0 saturated carbocycles. The van der Waals surface area contributed by atoms with Gasteiger partial charge in [-0.05, 0) is 43.2 Å². The molecule has 0 bridgehead atoms. The average Bonchev–Trinajstić information content (AvgIpc) is 2.47. The first-order valence-electron chi connectivity index (χ1n) is 6.87. The number of methoxy groups -OCH3 is 1. The Morgan fingerprint density at radius 2 is 1.81 bits per heavy atom. The van der Waals surface area contributed by atoms with Gasteiger partial charge in [0.25, 0.3) is 0 Å². The van der Waals surface area contributed by atoms with E-state index in [1.165, 1.54) is 18.7 Å². The normalized spacial score (nSPS) is 13.8. The van der Waals surface area contributed by atoms with Gasteiger partial charge < -0.3 is 10.1 Å². The molecule has 21 heavy (non-hydrogen) atoms. The minimum atomic E-state index is -0.336. The molecule has 0 heterocycles. The van der Waals surface area contributed by atoms with Gasteiger partial charge in [0.15, 0.2) is 11.6 Å². The van der Waals surface area contributed by atoms with E-state index in [0.717, 1.165) is 10.0 Å². The lowest BCUT2D eigenvalue weighted by molar-refractivity contribution is 0.385. The van der Waals surface area contributed by atoms with Crippen LogP contribution in [0.5, 0.6) is 5.75 Å². The molecule has 0 aliphatic heterocycles.